The van der Waals surface area contributed by atoms with Crippen molar-refractivity contribution in [3.05, 3.63) is 71.0 Å². The summed E-state index contributed by atoms with van der Waals surface area (Å²) in [4.78, 5) is 12.0. The molecule has 0 radical (unpaired) electrons. The van der Waals surface area contributed by atoms with E-state index in [9.17, 15) is 17.6 Å². The van der Waals surface area contributed by atoms with Crippen molar-refractivity contribution < 1.29 is 17.6 Å². The van der Waals surface area contributed by atoms with Gasteiger partial charge < -0.3 is 5.32 Å². The molecule has 3 aromatic rings. The van der Waals surface area contributed by atoms with E-state index in [2.05, 4.69) is 39.3 Å². The maximum atomic E-state index is 12.9. The van der Waals surface area contributed by atoms with E-state index >= 15 is 0 Å². The average molecular weight is 449 g/mol. The van der Waals surface area contributed by atoms with Crippen molar-refractivity contribution in [2.24, 2.45) is 0 Å². The molecule has 0 saturated heterocycles. The first-order valence-corrected chi connectivity index (χ1v) is 11.6. The highest BCUT2D eigenvalue weighted by Gasteiger charge is 2.15. The van der Waals surface area contributed by atoms with Crippen LogP contribution in [0.1, 0.15) is 29.8 Å². The van der Waals surface area contributed by atoms with Crippen LogP contribution in [0.3, 0.4) is 0 Å². The normalized spacial score (nSPS) is 12.5. The summed E-state index contributed by atoms with van der Waals surface area (Å²) in [7, 11) is -3.80. The Morgan fingerprint density at radius 1 is 1.10 bits per heavy atom. The predicted molar refractivity (Wildman–Crippen MR) is 113 cm³/mol. The molecule has 2 aromatic carbocycles. The number of amides is 1. The minimum absolute atomic E-state index is 0.0643. The van der Waals surface area contributed by atoms with Gasteiger partial charge in [-0.3, -0.25) is 4.79 Å². The van der Waals surface area contributed by atoms with Gasteiger partial charge in [0.2, 0.25) is 21.1 Å². The molecule has 0 saturated carbocycles. The standard InChI is InChI=1S/C20H21FN4O3S2/c1-14(15-5-3-2-4-6-15)13-19-24-25-20(29-19)23-18(26)11-12-22-30(27,28)17-9-7-16(21)8-10-17/h2-10,14,22H,11-13H2,1H3,(H,23,25,26). The van der Waals surface area contributed by atoms with Gasteiger partial charge in [0.15, 0.2) is 0 Å². The Bertz CT molecular complexity index is 1090. The summed E-state index contributed by atoms with van der Waals surface area (Å²) in [5.74, 6) is -0.637. The van der Waals surface area contributed by atoms with Gasteiger partial charge in [0.1, 0.15) is 10.8 Å². The van der Waals surface area contributed by atoms with Crippen molar-refractivity contribution in [2.45, 2.75) is 30.6 Å². The lowest BCUT2D eigenvalue weighted by Gasteiger charge is -2.08. The molecule has 1 amide bonds. The first-order valence-electron chi connectivity index (χ1n) is 9.26. The Balaban J connectivity index is 1.47. The Labute approximate surface area is 178 Å². The van der Waals surface area contributed by atoms with E-state index in [0.717, 1.165) is 29.3 Å². The molecule has 158 valence electrons. The molecule has 30 heavy (non-hydrogen) atoms. The molecule has 0 aliphatic carbocycles. The van der Waals surface area contributed by atoms with Crippen LogP contribution in [0.2, 0.25) is 0 Å². The molecule has 0 spiro atoms. The molecule has 10 heteroatoms. The number of sulfonamides is 1. The third-order valence-electron chi connectivity index (χ3n) is 4.33. The zero-order chi connectivity index (χ0) is 21.6. The molecule has 1 unspecified atom stereocenters. The average Bonchev–Trinajstić information content (AvgIpc) is 3.15. The number of nitrogens with one attached hydrogen (secondary N) is 2. The monoisotopic (exact) mass is 448 g/mol. The van der Waals surface area contributed by atoms with Crippen molar-refractivity contribution >= 4 is 32.4 Å². The number of nitrogens with zero attached hydrogens (tertiary/aromatic N) is 2. The van der Waals surface area contributed by atoms with Gasteiger partial charge in [0.25, 0.3) is 0 Å². The van der Waals surface area contributed by atoms with Crippen LogP contribution in [0, 0.1) is 5.82 Å². The fourth-order valence-corrected chi connectivity index (χ4v) is 4.64. The molecule has 0 fully saturated rings. The van der Waals surface area contributed by atoms with E-state index in [0.29, 0.717) is 11.6 Å². The summed E-state index contributed by atoms with van der Waals surface area (Å²) in [5, 5.41) is 11.9. The number of hydrogen-bond donors (Lipinski definition) is 2. The third kappa shape index (κ3) is 6.15. The summed E-state index contributed by atoms with van der Waals surface area (Å²) in [6, 6.07) is 14.5. The quantitative estimate of drug-likeness (QED) is 0.523. The van der Waals surface area contributed by atoms with Crippen molar-refractivity contribution in [2.75, 3.05) is 11.9 Å². The van der Waals surface area contributed by atoms with E-state index in [1.165, 1.54) is 16.9 Å². The first kappa shape index (κ1) is 22.0. The molecular formula is C20H21FN4O3S2. The van der Waals surface area contributed by atoms with Crippen LogP contribution < -0.4 is 10.0 Å². The summed E-state index contributed by atoms with van der Waals surface area (Å²) in [5.41, 5.74) is 1.20. The zero-order valence-electron chi connectivity index (χ0n) is 16.2. The lowest BCUT2D eigenvalue weighted by Crippen LogP contribution is -2.27. The molecular weight excluding hydrogens is 427 g/mol. The second-order valence-corrected chi connectivity index (χ2v) is 9.50. The fourth-order valence-electron chi connectivity index (χ4n) is 2.73. The maximum Gasteiger partial charge on any atom is 0.240 e. The number of rotatable bonds is 9. The summed E-state index contributed by atoms with van der Waals surface area (Å²) < 4.78 is 39.5. The van der Waals surface area contributed by atoms with Gasteiger partial charge >= 0.3 is 0 Å². The van der Waals surface area contributed by atoms with Gasteiger partial charge in [-0.1, -0.05) is 48.6 Å². The topological polar surface area (TPSA) is 101 Å². The summed E-state index contributed by atoms with van der Waals surface area (Å²) >= 11 is 1.29. The van der Waals surface area contributed by atoms with E-state index in [1.54, 1.807) is 0 Å². The number of aromatic nitrogens is 2. The zero-order valence-corrected chi connectivity index (χ0v) is 17.8. The number of benzene rings is 2. The minimum atomic E-state index is -3.80. The molecule has 2 N–H and O–H groups in total. The number of halogens is 1. The lowest BCUT2D eigenvalue weighted by atomic mass is 9.98. The first-order chi connectivity index (χ1) is 14.3. The predicted octanol–water partition coefficient (Wildman–Crippen LogP) is 3.33. The lowest BCUT2D eigenvalue weighted by molar-refractivity contribution is -0.116. The highest BCUT2D eigenvalue weighted by atomic mass is 32.2. The van der Waals surface area contributed by atoms with Gasteiger partial charge in [0, 0.05) is 19.4 Å². The van der Waals surface area contributed by atoms with Crippen LogP contribution in [0.15, 0.2) is 59.5 Å². The van der Waals surface area contributed by atoms with Gasteiger partial charge in [0.05, 0.1) is 4.90 Å². The molecule has 1 aromatic heterocycles. The largest absolute Gasteiger partial charge is 0.300 e. The fraction of sp³-hybridized carbons (Fsp3) is 0.250. The Morgan fingerprint density at radius 2 is 1.80 bits per heavy atom. The highest BCUT2D eigenvalue weighted by molar-refractivity contribution is 7.89. The van der Waals surface area contributed by atoms with Crippen molar-refractivity contribution in [1.29, 1.82) is 0 Å². The van der Waals surface area contributed by atoms with Crippen LogP contribution in [0.4, 0.5) is 9.52 Å². The van der Waals surface area contributed by atoms with Crippen LogP contribution in [-0.4, -0.2) is 31.1 Å². The number of carbonyl (C=O) groups excluding carboxylic acids is 1. The Morgan fingerprint density at radius 3 is 2.50 bits per heavy atom. The molecule has 0 aliphatic heterocycles. The maximum absolute atomic E-state index is 12.9. The van der Waals surface area contributed by atoms with Crippen LogP contribution in [0.25, 0.3) is 0 Å². The molecule has 0 bridgehead atoms. The molecule has 1 heterocycles. The van der Waals surface area contributed by atoms with Gasteiger partial charge in [-0.25, -0.2) is 17.5 Å². The van der Waals surface area contributed by atoms with E-state index in [1.807, 2.05) is 18.2 Å². The minimum Gasteiger partial charge on any atom is -0.300 e. The van der Waals surface area contributed by atoms with Gasteiger partial charge in [-0.15, -0.1) is 10.2 Å². The third-order valence-corrected chi connectivity index (χ3v) is 6.67. The number of hydrogen-bond acceptors (Lipinski definition) is 6. The molecule has 0 aliphatic rings. The number of carbonyl (C=O) groups is 1. The van der Waals surface area contributed by atoms with Crippen molar-refractivity contribution in [3.63, 3.8) is 0 Å². The second kappa shape index (κ2) is 9.88. The van der Waals surface area contributed by atoms with Crippen molar-refractivity contribution in [1.82, 2.24) is 14.9 Å². The Hall–Kier alpha value is -2.69. The molecule has 7 nitrogen and oxygen atoms in total. The second-order valence-electron chi connectivity index (χ2n) is 6.67. The van der Waals surface area contributed by atoms with E-state index < -0.39 is 15.8 Å². The summed E-state index contributed by atoms with van der Waals surface area (Å²) in [6.07, 6.45) is 0.630. The van der Waals surface area contributed by atoms with E-state index in [-0.39, 0.29) is 29.7 Å². The number of anilines is 1. The highest BCUT2D eigenvalue weighted by Crippen LogP contribution is 2.24. The van der Waals surface area contributed by atoms with Crippen LogP contribution >= 0.6 is 11.3 Å². The SMILES string of the molecule is CC(Cc1nnc(NC(=O)CCNS(=O)(=O)c2ccc(F)cc2)s1)c1ccccc1. The van der Waals surface area contributed by atoms with E-state index in [4.69, 9.17) is 0 Å². The molecule has 3 rings (SSSR count). The van der Waals surface area contributed by atoms with Crippen LogP contribution in [-0.2, 0) is 21.2 Å². The van der Waals surface area contributed by atoms with Crippen molar-refractivity contribution in [3.8, 4) is 0 Å². The Kier molecular flexibility index (Phi) is 7.24. The van der Waals surface area contributed by atoms with Gasteiger partial charge in [-0.2, -0.15) is 0 Å². The molecule has 1 atom stereocenters. The van der Waals surface area contributed by atoms with Gasteiger partial charge in [-0.05, 0) is 35.7 Å². The summed E-state index contributed by atoms with van der Waals surface area (Å²) in [6.45, 7) is 2.00. The smallest absolute Gasteiger partial charge is 0.240 e. The van der Waals surface area contributed by atoms with Crippen LogP contribution in [0.5, 0.6) is 0 Å².